The zero-order valence-corrected chi connectivity index (χ0v) is 21.0. The normalized spacial score (nSPS) is 12.3. The molecule has 0 radical (unpaired) electrons. The highest BCUT2D eigenvalue weighted by Crippen LogP contribution is 2.26. The zero-order chi connectivity index (χ0) is 25.9. The van der Waals surface area contributed by atoms with Crippen LogP contribution < -0.4 is 15.8 Å². The molecule has 1 amide bonds. The van der Waals surface area contributed by atoms with Crippen LogP contribution >= 0.6 is 11.6 Å². The van der Waals surface area contributed by atoms with Gasteiger partial charge in [-0.1, -0.05) is 64.8 Å². The van der Waals surface area contributed by atoms with E-state index in [0.29, 0.717) is 27.3 Å². The SMILES string of the molecule is Cc1ccc(S(=O)(=O)NC(C(=O)NCc2cccc(-c3noc(=O)[nH]3)c2)c2cccc(Cl)c2C)cc1. The second kappa shape index (κ2) is 10.5. The predicted octanol–water partition coefficient (Wildman–Crippen LogP) is 3.64. The lowest BCUT2D eigenvalue weighted by Gasteiger charge is -2.21. The van der Waals surface area contributed by atoms with E-state index >= 15 is 0 Å². The Balaban J connectivity index is 1.60. The molecule has 3 aromatic carbocycles. The van der Waals surface area contributed by atoms with Gasteiger partial charge < -0.3 is 5.32 Å². The number of rotatable bonds is 8. The number of halogens is 1. The van der Waals surface area contributed by atoms with Gasteiger partial charge in [0.15, 0.2) is 5.82 Å². The highest BCUT2D eigenvalue weighted by molar-refractivity contribution is 7.89. The van der Waals surface area contributed by atoms with Crippen LogP contribution in [0.25, 0.3) is 11.4 Å². The zero-order valence-electron chi connectivity index (χ0n) is 19.4. The molecule has 0 aliphatic heterocycles. The first kappa shape index (κ1) is 25.4. The van der Waals surface area contributed by atoms with E-state index in [1.54, 1.807) is 61.5 Å². The number of carbonyl (C=O) groups excluding carboxylic acids is 1. The van der Waals surface area contributed by atoms with Crippen LogP contribution in [-0.2, 0) is 21.4 Å². The number of benzene rings is 3. The summed E-state index contributed by atoms with van der Waals surface area (Å²) in [7, 11) is -4.03. The number of aromatic amines is 1. The van der Waals surface area contributed by atoms with Gasteiger partial charge in [0.05, 0.1) is 4.90 Å². The van der Waals surface area contributed by atoms with Crippen molar-refractivity contribution in [2.45, 2.75) is 31.3 Å². The van der Waals surface area contributed by atoms with Gasteiger partial charge in [0.2, 0.25) is 15.9 Å². The molecule has 11 heteroatoms. The van der Waals surface area contributed by atoms with Crippen molar-refractivity contribution in [3.05, 3.63) is 105 Å². The molecule has 0 spiro atoms. The lowest BCUT2D eigenvalue weighted by molar-refractivity contribution is -0.123. The summed E-state index contributed by atoms with van der Waals surface area (Å²) in [6.07, 6.45) is 0. The van der Waals surface area contributed by atoms with Crippen molar-refractivity contribution < 1.29 is 17.7 Å². The fourth-order valence-electron chi connectivity index (χ4n) is 3.61. The average molecular weight is 527 g/mol. The molecule has 1 heterocycles. The minimum Gasteiger partial charge on any atom is -0.350 e. The monoisotopic (exact) mass is 526 g/mol. The van der Waals surface area contributed by atoms with Gasteiger partial charge in [0, 0.05) is 17.1 Å². The lowest BCUT2D eigenvalue weighted by Crippen LogP contribution is -2.40. The second-order valence-corrected chi connectivity index (χ2v) is 10.3. The maximum atomic E-state index is 13.3. The Hall–Kier alpha value is -3.73. The summed E-state index contributed by atoms with van der Waals surface area (Å²) in [6, 6.07) is 17.1. The van der Waals surface area contributed by atoms with Crippen LogP contribution in [0.5, 0.6) is 0 Å². The third-order valence-corrected chi connectivity index (χ3v) is 7.44. The molecule has 1 atom stereocenters. The standard InChI is InChI=1S/C25H23ClN4O5S/c1-15-9-11-19(12-10-15)36(33,34)30-22(20-7-4-8-21(26)16(20)2)24(31)27-14-17-5-3-6-18(13-17)23-28-25(32)35-29-23/h3-13,22,30H,14H2,1-2H3,(H,27,31)(H,28,29,32). The van der Waals surface area contributed by atoms with E-state index in [4.69, 9.17) is 11.6 Å². The molecule has 4 aromatic rings. The summed E-state index contributed by atoms with van der Waals surface area (Å²) in [5.41, 5.74) is 3.22. The number of amides is 1. The quantitative estimate of drug-likeness (QED) is 0.321. The Kier molecular flexibility index (Phi) is 7.39. The van der Waals surface area contributed by atoms with E-state index in [2.05, 4.69) is 24.7 Å². The molecule has 4 rings (SSSR count). The maximum Gasteiger partial charge on any atom is 0.439 e. The number of hydrogen-bond donors (Lipinski definition) is 3. The van der Waals surface area contributed by atoms with Crippen LogP contribution in [0.1, 0.15) is 28.3 Å². The van der Waals surface area contributed by atoms with Crippen LogP contribution in [0.15, 0.2) is 80.9 Å². The first-order valence-electron chi connectivity index (χ1n) is 10.9. The Morgan fingerprint density at radius 1 is 1.08 bits per heavy atom. The van der Waals surface area contributed by atoms with Gasteiger partial charge in [0.25, 0.3) is 0 Å². The van der Waals surface area contributed by atoms with Crippen molar-refractivity contribution in [2.24, 2.45) is 0 Å². The summed E-state index contributed by atoms with van der Waals surface area (Å²) in [4.78, 5) is 27.1. The third-order valence-electron chi connectivity index (χ3n) is 5.59. The van der Waals surface area contributed by atoms with E-state index in [-0.39, 0.29) is 17.3 Å². The Morgan fingerprint density at radius 2 is 1.81 bits per heavy atom. The molecule has 0 saturated heterocycles. The van der Waals surface area contributed by atoms with Gasteiger partial charge in [-0.05, 0) is 54.8 Å². The van der Waals surface area contributed by atoms with Gasteiger partial charge in [-0.25, -0.2) is 13.2 Å². The summed E-state index contributed by atoms with van der Waals surface area (Å²) < 4.78 is 33.3. The number of aryl methyl sites for hydroxylation is 1. The molecule has 3 N–H and O–H groups in total. The predicted molar refractivity (Wildman–Crippen MR) is 135 cm³/mol. The van der Waals surface area contributed by atoms with E-state index in [0.717, 1.165) is 5.56 Å². The molecule has 1 aromatic heterocycles. The van der Waals surface area contributed by atoms with Crippen molar-refractivity contribution in [3.8, 4) is 11.4 Å². The molecular formula is C25H23ClN4O5S. The lowest BCUT2D eigenvalue weighted by atomic mass is 10.0. The topological polar surface area (TPSA) is 134 Å². The number of aromatic nitrogens is 2. The first-order chi connectivity index (χ1) is 17.1. The fourth-order valence-corrected chi connectivity index (χ4v) is 4.97. The van der Waals surface area contributed by atoms with Crippen molar-refractivity contribution in [1.82, 2.24) is 20.2 Å². The van der Waals surface area contributed by atoms with E-state index < -0.39 is 27.7 Å². The molecule has 1 unspecified atom stereocenters. The van der Waals surface area contributed by atoms with E-state index in [1.807, 2.05) is 6.92 Å². The fraction of sp³-hybridized carbons (Fsp3) is 0.160. The molecular weight excluding hydrogens is 504 g/mol. The molecule has 0 saturated carbocycles. The van der Waals surface area contributed by atoms with Gasteiger partial charge >= 0.3 is 5.76 Å². The van der Waals surface area contributed by atoms with E-state index in [9.17, 15) is 18.0 Å². The Morgan fingerprint density at radius 3 is 2.50 bits per heavy atom. The second-order valence-electron chi connectivity index (χ2n) is 8.18. The molecule has 0 fully saturated rings. The van der Waals surface area contributed by atoms with Crippen LogP contribution in [-0.4, -0.2) is 24.5 Å². The third kappa shape index (κ3) is 5.73. The van der Waals surface area contributed by atoms with Crippen molar-refractivity contribution >= 4 is 27.5 Å². The minimum atomic E-state index is -4.03. The smallest absolute Gasteiger partial charge is 0.350 e. The molecule has 0 bridgehead atoms. The first-order valence-corrected chi connectivity index (χ1v) is 12.8. The number of hydrogen-bond acceptors (Lipinski definition) is 6. The van der Waals surface area contributed by atoms with Crippen molar-refractivity contribution in [2.75, 3.05) is 0 Å². The van der Waals surface area contributed by atoms with Crippen molar-refractivity contribution in [3.63, 3.8) is 0 Å². The Labute approximate surface area is 212 Å². The van der Waals surface area contributed by atoms with Gasteiger partial charge in [-0.2, -0.15) is 4.72 Å². The summed E-state index contributed by atoms with van der Waals surface area (Å²) in [6.45, 7) is 3.67. The summed E-state index contributed by atoms with van der Waals surface area (Å²) in [5.74, 6) is -0.980. The van der Waals surface area contributed by atoms with E-state index in [1.165, 1.54) is 12.1 Å². The summed E-state index contributed by atoms with van der Waals surface area (Å²) in [5, 5.41) is 6.86. The van der Waals surface area contributed by atoms with Crippen LogP contribution in [0.4, 0.5) is 0 Å². The number of carbonyl (C=O) groups is 1. The largest absolute Gasteiger partial charge is 0.439 e. The number of nitrogens with zero attached hydrogens (tertiary/aromatic N) is 1. The molecule has 36 heavy (non-hydrogen) atoms. The van der Waals surface area contributed by atoms with Crippen LogP contribution in [0.2, 0.25) is 5.02 Å². The van der Waals surface area contributed by atoms with Crippen LogP contribution in [0.3, 0.4) is 0 Å². The van der Waals surface area contributed by atoms with Gasteiger partial charge in [-0.15, -0.1) is 0 Å². The number of H-pyrrole nitrogens is 1. The van der Waals surface area contributed by atoms with Gasteiger partial charge in [0.1, 0.15) is 6.04 Å². The van der Waals surface area contributed by atoms with Crippen molar-refractivity contribution in [1.29, 1.82) is 0 Å². The summed E-state index contributed by atoms with van der Waals surface area (Å²) >= 11 is 6.27. The highest BCUT2D eigenvalue weighted by atomic mass is 35.5. The molecule has 9 nitrogen and oxygen atoms in total. The number of nitrogens with one attached hydrogen (secondary N) is 3. The molecule has 0 aliphatic carbocycles. The Bertz CT molecular complexity index is 1560. The molecule has 0 aliphatic rings. The number of sulfonamides is 1. The minimum absolute atomic E-state index is 0.0416. The molecule has 186 valence electrons. The highest BCUT2D eigenvalue weighted by Gasteiger charge is 2.29. The average Bonchev–Trinajstić information content (AvgIpc) is 3.30. The van der Waals surface area contributed by atoms with Crippen LogP contribution in [0, 0.1) is 13.8 Å². The van der Waals surface area contributed by atoms with Gasteiger partial charge in [-0.3, -0.25) is 14.3 Å². The maximum absolute atomic E-state index is 13.3.